The number of nitrogens with zero attached hydrogens (tertiary/aromatic N) is 3. The van der Waals surface area contributed by atoms with Gasteiger partial charge in [0, 0.05) is 24.4 Å². The molecule has 0 aromatic carbocycles. The zero-order valence-corrected chi connectivity index (χ0v) is 19.8. The van der Waals surface area contributed by atoms with Gasteiger partial charge in [0.25, 0.3) is 0 Å². The summed E-state index contributed by atoms with van der Waals surface area (Å²) in [4.78, 5) is 26.0. The number of halogens is 2. The van der Waals surface area contributed by atoms with E-state index in [0.29, 0.717) is 18.9 Å². The number of nitrogen functional groups attached to an aromatic ring is 1. The number of amides is 1. The molecule has 10 heteroatoms. The van der Waals surface area contributed by atoms with Crippen molar-refractivity contribution < 1.29 is 9.53 Å². The predicted molar refractivity (Wildman–Crippen MR) is 127 cm³/mol. The van der Waals surface area contributed by atoms with Gasteiger partial charge >= 0.3 is 0 Å². The molecule has 1 amide bonds. The fourth-order valence-corrected chi connectivity index (χ4v) is 6.22. The lowest BCUT2D eigenvalue weighted by Gasteiger charge is -2.45. The molecule has 0 unspecified atom stereocenters. The van der Waals surface area contributed by atoms with E-state index in [0.717, 1.165) is 62.1 Å². The van der Waals surface area contributed by atoms with Gasteiger partial charge < -0.3 is 21.1 Å². The minimum atomic E-state index is -0.646. The van der Waals surface area contributed by atoms with Crippen LogP contribution in [0.4, 0.5) is 5.82 Å². The molecular formula is C21H29Cl2N5O2S. The van der Waals surface area contributed by atoms with E-state index in [-0.39, 0.29) is 36.3 Å². The zero-order chi connectivity index (χ0) is 20.1. The Labute approximate surface area is 198 Å². The smallest absolute Gasteiger partial charge is 0.242 e. The molecule has 4 N–H and O–H groups in total. The van der Waals surface area contributed by atoms with Gasteiger partial charge in [-0.05, 0) is 37.3 Å². The van der Waals surface area contributed by atoms with E-state index in [9.17, 15) is 4.79 Å². The van der Waals surface area contributed by atoms with Crippen LogP contribution in [0.3, 0.4) is 0 Å². The maximum atomic E-state index is 13.0. The van der Waals surface area contributed by atoms with Gasteiger partial charge in [-0.2, -0.15) is 0 Å². The van der Waals surface area contributed by atoms with Crippen molar-refractivity contribution in [1.82, 2.24) is 14.9 Å². The van der Waals surface area contributed by atoms with Gasteiger partial charge in [0.15, 0.2) is 0 Å². The number of hydrogen-bond donors (Lipinski definition) is 2. The zero-order valence-electron chi connectivity index (χ0n) is 17.3. The summed E-state index contributed by atoms with van der Waals surface area (Å²) in [5.74, 6) is 0.552. The van der Waals surface area contributed by atoms with Crippen LogP contribution < -0.4 is 11.5 Å². The second-order valence-electron chi connectivity index (χ2n) is 8.52. The molecule has 7 nitrogen and oxygen atoms in total. The number of hydrogen-bond acceptors (Lipinski definition) is 7. The summed E-state index contributed by atoms with van der Waals surface area (Å²) in [7, 11) is 0. The molecule has 0 radical (unpaired) electrons. The number of nitrogens with two attached hydrogens (primary N) is 2. The SMILES string of the molecule is Cl.Cl.Nc1cnc(-c2cc3c(s2)CCOC32CCN(C(=O)C3(N)CCCC3)CC2)cn1. The quantitative estimate of drug-likeness (QED) is 0.675. The number of anilines is 1. The van der Waals surface area contributed by atoms with Crippen molar-refractivity contribution in [3.8, 4) is 10.6 Å². The average molecular weight is 486 g/mol. The van der Waals surface area contributed by atoms with Gasteiger partial charge in [-0.1, -0.05) is 12.8 Å². The Morgan fingerprint density at radius 2 is 1.81 bits per heavy atom. The second kappa shape index (κ2) is 9.19. The number of likely N-dealkylation sites (tertiary alicyclic amines) is 1. The molecule has 2 aromatic heterocycles. The molecule has 2 fully saturated rings. The highest BCUT2D eigenvalue weighted by Crippen LogP contribution is 2.46. The number of rotatable bonds is 2. The molecule has 0 atom stereocenters. The number of carbonyl (C=O) groups is 1. The maximum absolute atomic E-state index is 13.0. The lowest BCUT2D eigenvalue weighted by Crippen LogP contribution is -2.57. The second-order valence-corrected chi connectivity index (χ2v) is 9.66. The molecule has 1 saturated carbocycles. The summed E-state index contributed by atoms with van der Waals surface area (Å²) >= 11 is 1.76. The molecular weight excluding hydrogens is 457 g/mol. The van der Waals surface area contributed by atoms with Crippen LogP contribution in [-0.4, -0.2) is 46.0 Å². The molecule has 1 spiro atoms. The van der Waals surface area contributed by atoms with E-state index >= 15 is 0 Å². The standard InChI is InChI=1S/C21H27N5O2S.2ClH/c22-18-13-24-15(12-25-18)17-11-14-16(29-17)3-10-28-21(14)6-8-26(9-7-21)19(27)20(23)4-1-2-5-20;;/h11-13H,1-10,23H2,(H2,22,25);2*1H. The third kappa shape index (κ3) is 4.28. The van der Waals surface area contributed by atoms with Crippen molar-refractivity contribution in [2.45, 2.75) is 56.1 Å². The first kappa shape index (κ1) is 24.2. The molecule has 31 heavy (non-hydrogen) atoms. The molecule has 3 aliphatic rings. The Bertz CT molecular complexity index is 922. The lowest BCUT2D eigenvalue weighted by molar-refractivity contribution is -0.145. The molecule has 4 heterocycles. The summed E-state index contributed by atoms with van der Waals surface area (Å²) < 4.78 is 6.36. The van der Waals surface area contributed by atoms with Crippen molar-refractivity contribution in [3.63, 3.8) is 0 Å². The van der Waals surface area contributed by atoms with Gasteiger partial charge in [-0.15, -0.1) is 36.2 Å². The van der Waals surface area contributed by atoms with E-state index in [4.69, 9.17) is 16.2 Å². The molecule has 2 aromatic rings. The molecule has 2 aliphatic heterocycles. The third-order valence-corrected chi connectivity index (χ3v) is 7.93. The lowest BCUT2D eigenvalue weighted by atomic mass is 9.81. The van der Waals surface area contributed by atoms with Gasteiger partial charge in [0.1, 0.15) is 5.82 Å². The third-order valence-electron chi connectivity index (χ3n) is 6.71. The predicted octanol–water partition coefficient (Wildman–Crippen LogP) is 3.29. The van der Waals surface area contributed by atoms with Crippen molar-refractivity contribution in [2.75, 3.05) is 25.4 Å². The number of aromatic nitrogens is 2. The summed E-state index contributed by atoms with van der Waals surface area (Å²) in [6, 6.07) is 2.21. The molecule has 1 saturated heterocycles. The van der Waals surface area contributed by atoms with Crippen molar-refractivity contribution in [1.29, 1.82) is 0 Å². The summed E-state index contributed by atoms with van der Waals surface area (Å²) in [6.45, 7) is 2.11. The summed E-state index contributed by atoms with van der Waals surface area (Å²) in [6.07, 6.45) is 9.58. The first-order chi connectivity index (χ1) is 14.0. The van der Waals surface area contributed by atoms with E-state index in [1.807, 2.05) is 4.90 Å². The fraction of sp³-hybridized carbons (Fsp3) is 0.571. The number of thiophene rings is 1. The Morgan fingerprint density at radius 3 is 2.45 bits per heavy atom. The first-order valence-corrected chi connectivity index (χ1v) is 11.2. The minimum Gasteiger partial charge on any atom is -0.382 e. The molecule has 170 valence electrons. The van der Waals surface area contributed by atoms with E-state index < -0.39 is 5.54 Å². The molecule has 5 rings (SSSR count). The van der Waals surface area contributed by atoms with Gasteiger partial charge in [-0.3, -0.25) is 4.79 Å². The normalized spacial score (nSPS) is 21.1. The maximum Gasteiger partial charge on any atom is 0.242 e. The first-order valence-electron chi connectivity index (χ1n) is 10.4. The Kier molecular flexibility index (Phi) is 7.18. The number of ether oxygens (including phenoxy) is 1. The van der Waals surface area contributed by atoms with Gasteiger partial charge in [0.05, 0.1) is 40.7 Å². The van der Waals surface area contributed by atoms with Crippen LogP contribution in [0.15, 0.2) is 18.5 Å². The van der Waals surface area contributed by atoms with Crippen LogP contribution in [0.5, 0.6) is 0 Å². The van der Waals surface area contributed by atoms with Crippen LogP contribution in [0.25, 0.3) is 10.6 Å². The van der Waals surface area contributed by atoms with Crippen LogP contribution in [-0.2, 0) is 21.6 Å². The minimum absolute atomic E-state index is 0. The average Bonchev–Trinajstić information content (AvgIpc) is 3.37. The Hall–Kier alpha value is -1.45. The van der Waals surface area contributed by atoms with Crippen molar-refractivity contribution >= 4 is 47.9 Å². The van der Waals surface area contributed by atoms with Crippen LogP contribution in [0, 0.1) is 0 Å². The Balaban J connectivity index is 0.00000136. The van der Waals surface area contributed by atoms with E-state index in [1.54, 1.807) is 23.7 Å². The van der Waals surface area contributed by atoms with Gasteiger partial charge in [-0.25, -0.2) is 9.97 Å². The molecule has 1 aliphatic carbocycles. The summed E-state index contributed by atoms with van der Waals surface area (Å²) in [5.41, 5.74) is 13.2. The number of carbonyl (C=O) groups excluding carboxylic acids is 1. The number of piperidine rings is 1. The Morgan fingerprint density at radius 1 is 1.10 bits per heavy atom. The van der Waals surface area contributed by atoms with Crippen molar-refractivity contribution in [3.05, 3.63) is 28.9 Å². The van der Waals surface area contributed by atoms with Gasteiger partial charge in [0.2, 0.25) is 5.91 Å². The van der Waals surface area contributed by atoms with Crippen molar-refractivity contribution in [2.24, 2.45) is 5.73 Å². The highest BCUT2D eigenvalue weighted by molar-refractivity contribution is 7.15. The number of fused-ring (bicyclic) bond motifs is 2. The fourth-order valence-electron chi connectivity index (χ4n) is 5.03. The van der Waals surface area contributed by atoms with Crippen LogP contribution >= 0.6 is 36.2 Å². The topological polar surface area (TPSA) is 107 Å². The van der Waals surface area contributed by atoms with E-state index in [2.05, 4.69) is 16.0 Å². The molecule has 0 bridgehead atoms. The highest BCUT2D eigenvalue weighted by atomic mass is 35.5. The van der Waals surface area contributed by atoms with Crippen LogP contribution in [0.1, 0.15) is 49.0 Å². The largest absolute Gasteiger partial charge is 0.382 e. The summed E-state index contributed by atoms with van der Waals surface area (Å²) in [5, 5.41) is 0. The highest BCUT2D eigenvalue weighted by Gasteiger charge is 2.46. The monoisotopic (exact) mass is 485 g/mol. The van der Waals surface area contributed by atoms with Crippen LogP contribution in [0.2, 0.25) is 0 Å². The van der Waals surface area contributed by atoms with E-state index in [1.165, 1.54) is 10.4 Å².